The molecule has 3 heterocycles. The van der Waals surface area contributed by atoms with E-state index in [0.717, 1.165) is 32.1 Å². The molecule has 1 N–H and O–H groups in total. The van der Waals surface area contributed by atoms with E-state index < -0.39 is 0 Å². The first-order chi connectivity index (χ1) is 28.4. The van der Waals surface area contributed by atoms with Crippen LogP contribution in [-0.4, -0.2) is 23.1 Å². The van der Waals surface area contributed by atoms with Gasteiger partial charge < -0.3 is 15.1 Å². The van der Waals surface area contributed by atoms with E-state index in [1.54, 1.807) is 16.7 Å². The Labute approximate surface area is 345 Å². The van der Waals surface area contributed by atoms with Crippen molar-refractivity contribution >= 4 is 16.9 Å². The van der Waals surface area contributed by atoms with Gasteiger partial charge in [-0.15, -0.1) is 0 Å². The van der Waals surface area contributed by atoms with E-state index >= 15 is 0 Å². The molecule has 8 unspecified atom stereocenters. The number of benzene rings is 2. The zero-order chi connectivity index (χ0) is 38.8. The first-order valence-corrected chi connectivity index (χ1v) is 22.3. The second kappa shape index (κ2) is 12.9. The Morgan fingerprint density at radius 2 is 1.66 bits per heavy atom. The molecule has 7 aliphatic carbocycles. The summed E-state index contributed by atoms with van der Waals surface area (Å²) in [7, 11) is 0. The van der Waals surface area contributed by atoms with E-state index in [-0.39, 0.29) is 23.0 Å². The van der Waals surface area contributed by atoms with Gasteiger partial charge in [0.15, 0.2) is 0 Å². The third-order valence-electron chi connectivity index (χ3n) is 15.8. The Morgan fingerprint density at radius 3 is 2.57 bits per heavy atom. The molecule has 2 fully saturated rings. The molecule has 3 aliphatic heterocycles. The van der Waals surface area contributed by atoms with Gasteiger partial charge in [-0.1, -0.05) is 135 Å². The van der Waals surface area contributed by atoms with E-state index in [9.17, 15) is 0 Å². The molecule has 0 aromatic heterocycles. The summed E-state index contributed by atoms with van der Waals surface area (Å²) in [4.78, 5) is 5.45. The van der Waals surface area contributed by atoms with E-state index in [2.05, 4.69) is 182 Å². The lowest BCUT2D eigenvalue weighted by Gasteiger charge is -2.41. The monoisotopic (exact) mass is 757 g/mol. The fourth-order valence-electron chi connectivity index (χ4n) is 12.8. The summed E-state index contributed by atoms with van der Waals surface area (Å²) in [5, 5.41) is 4.07. The summed E-state index contributed by atoms with van der Waals surface area (Å²) in [6, 6.07) is 17.3. The molecule has 1 saturated carbocycles. The number of fused-ring (bicyclic) bond motifs is 10. The number of nitrogens with one attached hydrogen (secondary N) is 1. The van der Waals surface area contributed by atoms with Crippen molar-refractivity contribution in [3.05, 3.63) is 196 Å². The SMILES string of the molecule is CC1(C)C2=CC(C3=CC(N4c5ccc(C6C=C7C(=CC6)C6C=CCCC6N7C6=CC=CCC6)cc5C5(C)C=CC=CC45)Nc4ccccc43)CC=C2C2=CC=CCC21. The molecule has 58 heavy (non-hydrogen) atoms. The van der Waals surface area contributed by atoms with Crippen LogP contribution in [0.5, 0.6) is 0 Å². The molecule has 8 atom stereocenters. The number of hydrogen-bond donors (Lipinski definition) is 1. The minimum absolute atomic E-state index is 0.0240. The van der Waals surface area contributed by atoms with Crippen molar-refractivity contribution in [2.24, 2.45) is 23.2 Å². The van der Waals surface area contributed by atoms with E-state index in [0.29, 0.717) is 29.7 Å². The van der Waals surface area contributed by atoms with Crippen molar-refractivity contribution in [1.82, 2.24) is 4.90 Å². The summed E-state index contributed by atoms with van der Waals surface area (Å²) in [6.45, 7) is 7.43. The predicted octanol–water partition coefficient (Wildman–Crippen LogP) is 12.7. The second-order valence-corrected chi connectivity index (χ2v) is 19.2. The van der Waals surface area contributed by atoms with Gasteiger partial charge >= 0.3 is 0 Å². The van der Waals surface area contributed by atoms with Gasteiger partial charge in [-0.2, -0.15) is 0 Å². The van der Waals surface area contributed by atoms with Crippen molar-refractivity contribution in [3.63, 3.8) is 0 Å². The standard InChI is InChI=1S/C55H55N3/c1-54(2)45-20-10-7-17-39(45)40-27-25-37(32-46(40)54)44-34-53(56-48-21-11-8-18-41(44)48)58-50-29-26-35(31-47(50)55(3)30-14-13-23-52(55)58)36-24-28-43-42-19-9-12-22-49(42)57(51(43)33-36)38-15-5-4-6-16-38/h4-5,7-11,13-15,17-19,21,23,26-34,36-37,42,45,49,52-53,56H,6,12,16,20,22,24-25H2,1-3H3. The first kappa shape index (κ1) is 34.7. The predicted molar refractivity (Wildman–Crippen MR) is 241 cm³/mol. The third-order valence-corrected chi connectivity index (χ3v) is 15.8. The Kier molecular flexibility index (Phi) is 7.70. The van der Waals surface area contributed by atoms with Crippen LogP contribution in [0, 0.1) is 23.2 Å². The number of likely N-dealkylation sites (tertiary alicyclic amines) is 1. The van der Waals surface area contributed by atoms with Crippen LogP contribution in [0.1, 0.15) is 88.3 Å². The fourth-order valence-corrected chi connectivity index (χ4v) is 12.8. The Balaban J connectivity index is 0.919. The fraction of sp³-hybridized carbons (Fsp3) is 0.345. The zero-order valence-corrected chi connectivity index (χ0v) is 34.2. The van der Waals surface area contributed by atoms with Crippen LogP contribution >= 0.6 is 0 Å². The van der Waals surface area contributed by atoms with Gasteiger partial charge in [0.1, 0.15) is 6.17 Å². The van der Waals surface area contributed by atoms with Crippen molar-refractivity contribution in [2.75, 3.05) is 10.2 Å². The van der Waals surface area contributed by atoms with Crippen LogP contribution in [-0.2, 0) is 5.41 Å². The topological polar surface area (TPSA) is 18.5 Å². The summed E-state index contributed by atoms with van der Waals surface area (Å²) < 4.78 is 0. The molecular weight excluding hydrogens is 703 g/mol. The van der Waals surface area contributed by atoms with Crippen LogP contribution in [0.2, 0.25) is 0 Å². The highest BCUT2D eigenvalue weighted by Crippen LogP contribution is 2.59. The Hall–Kier alpha value is -5.28. The molecule has 10 aliphatic rings. The molecular formula is C55H55N3. The number of para-hydroxylation sites is 1. The molecule has 2 aromatic carbocycles. The molecule has 3 heteroatoms. The van der Waals surface area contributed by atoms with Crippen LogP contribution in [0.3, 0.4) is 0 Å². The maximum absolute atomic E-state index is 4.07. The lowest BCUT2D eigenvalue weighted by Crippen LogP contribution is -2.50. The highest BCUT2D eigenvalue weighted by molar-refractivity contribution is 5.85. The van der Waals surface area contributed by atoms with Gasteiger partial charge in [0, 0.05) is 57.5 Å². The highest BCUT2D eigenvalue weighted by atomic mass is 15.3. The quantitative estimate of drug-likeness (QED) is 0.313. The maximum atomic E-state index is 4.07. The molecule has 0 amide bonds. The number of allylic oxidation sites excluding steroid dienone is 19. The van der Waals surface area contributed by atoms with E-state index in [1.807, 2.05) is 0 Å². The average molecular weight is 758 g/mol. The summed E-state index contributed by atoms with van der Waals surface area (Å²) in [5.74, 6) is 1.77. The molecule has 12 rings (SSSR count). The van der Waals surface area contributed by atoms with Crippen LogP contribution in [0.15, 0.2) is 179 Å². The molecule has 1 saturated heterocycles. The Bertz CT molecular complexity index is 2520. The van der Waals surface area contributed by atoms with Crippen LogP contribution in [0.4, 0.5) is 11.4 Å². The first-order valence-electron chi connectivity index (χ1n) is 22.3. The minimum Gasteiger partial charge on any atom is -0.361 e. The lowest BCUT2D eigenvalue weighted by molar-refractivity contribution is 0.297. The van der Waals surface area contributed by atoms with Gasteiger partial charge in [0.25, 0.3) is 0 Å². The molecule has 0 radical (unpaired) electrons. The average Bonchev–Trinajstić information content (AvgIpc) is 3.83. The number of hydrogen-bond acceptors (Lipinski definition) is 3. The van der Waals surface area contributed by atoms with Gasteiger partial charge in [0.05, 0.1) is 6.04 Å². The maximum Gasteiger partial charge on any atom is 0.120 e. The largest absolute Gasteiger partial charge is 0.361 e. The van der Waals surface area contributed by atoms with Crippen LogP contribution in [0.25, 0.3) is 5.57 Å². The summed E-state index contributed by atoms with van der Waals surface area (Å²) >= 11 is 0. The normalized spacial score (nSPS) is 34.1. The van der Waals surface area contributed by atoms with Gasteiger partial charge in [-0.3, -0.25) is 0 Å². The summed E-state index contributed by atoms with van der Waals surface area (Å²) in [6.07, 6.45) is 49.4. The van der Waals surface area contributed by atoms with Crippen LogP contribution < -0.4 is 10.2 Å². The Morgan fingerprint density at radius 1 is 0.759 bits per heavy atom. The second-order valence-electron chi connectivity index (χ2n) is 19.2. The van der Waals surface area contributed by atoms with E-state index in [1.165, 1.54) is 63.4 Å². The smallest absolute Gasteiger partial charge is 0.120 e. The van der Waals surface area contributed by atoms with Gasteiger partial charge in [-0.25, -0.2) is 0 Å². The zero-order valence-electron chi connectivity index (χ0n) is 34.2. The number of anilines is 2. The number of rotatable bonds is 4. The highest BCUT2D eigenvalue weighted by Gasteiger charge is 2.50. The molecule has 3 nitrogen and oxygen atoms in total. The molecule has 0 bridgehead atoms. The van der Waals surface area contributed by atoms with Gasteiger partial charge in [-0.05, 0) is 126 Å². The lowest BCUT2D eigenvalue weighted by atomic mass is 9.73. The molecule has 290 valence electrons. The summed E-state index contributed by atoms with van der Waals surface area (Å²) in [5.41, 5.74) is 17.4. The van der Waals surface area contributed by atoms with Crippen molar-refractivity contribution in [3.8, 4) is 0 Å². The van der Waals surface area contributed by atoms with Crippen molar-refractivity contribution in [2.45, 2.75) is 95.3 Å². The molecule has 0 spiro atoms. The minimum atomic E-state index is -0.135. The molecule has 2 aromatic rings. The number of nitrogens with zero attached hydrogens (tertiary/aromatic N) is 2. The third kappa shape index (κ3) is 4.98. The van der Waals surface area contributed by atoms with Crippen molar-refractivity contribution in [1.29, 1.82) is 0 Å². The van der Waals surface area contributed by atoms with E-state index in [4.69, 9.17) is 0 Å². The van der Waals surface area contributed by atoms with Crippen molar-refractivity contribution < 1.29 is 0 Å². The van der Waals surface area contributed by atoms with Gasteiger partial charge in [0.2, 0.25) is 0 Å².